The third kappa shape index (κ3) is 36.7. The van der Waals surface area contributed by atoms with Gasteiger partial charge in [0.05, 0.1) is 0 Å². The lowest BCUT2D eigenvalue weighted by Crippen LogP contribution is -2.60. The molecule has 1 heterocycles. The highest BCUT2D eigenvalue weighted by atomic mass is 16.2. The maximum absolute atomic E-state index is 13.5. The number of unbranched alkanes of at least 4 members (excludes halogenated alkanes) is 36. The van der Waals surface area contributed by atoms with E-state index in [1.165, 1.54) is 289 Å². The molecule has 0 aliphatic carbocycles. The second-order valence-corrected chi connectivity index (χ2v) is 22.3. The maximum Gasteiger partial charge on any atom is 0.222 e. The molecule has 0 bridgehead atoms. The monoisotopic (exact) mass is 957 g/mol. The highest BCUT2D eigenvalue weighted by Gasteiger charge is 2.42. The average Bonchev–Trinajstić information content (AvgIpc) is 3.34. The predicted octanol–water partition coefficient (Wildman–Crippen LogP) is 18.5. The number of carbonyl (C=O) groups excluding carboxylic acids is 2. The standard InChI is InChI=1S/C62H124N4O2/c1-5-9-13-17-21-25-34-42-54-64(55-43-35-26-22-18-14-10-6-2)60(67)48-39-31-29-33-41-50-62(51-47-53-63)52-59-66(62)58-46-38-30-32-40-49-61(68)65(56-44-36-27-23-19-15-11-7-3)57-45-37-28-24-20-16-12-8-4/h5-59,63H2,1-4H3. The van der Waals surface area contributed by atoms with Crippen LogP contribution in [0.25, 0.3) is 0 Å². The van der Waals surface area contributed by atoms with Crippen LogP contribution in [0.2, 0.25) is 0 Å². The van der Waals surface area contributed by atoms with Crippen LogP contribution in [-0.2, 0) is 9.59 Å². The number of nitrogens with two attached hydrogens (primary N) is 1. The van der Waals surface area contributed by atoms with Crippen molar-refractivity contribution in [2.75, 3.05) is 45.8 Å². The minimum absolute atomic E-state index is 0.376. The molecule has 0 aromatic carbocycles. The molecule has 6 heteroatoms. The van der Waals surface area contributed by atoms with E-state index in [1.807, 2.05) is 0 Å². The van der Waals surface area contributed by atoms with E-state index in [1.54, 1.807) is 0 Å². The molecular weight excluding hydrogens is 833 g/mol. The molecule has 1 unspecified atom stereocenters. The summed E-state index contributed by atoms with van der Waals surface area (Å²) in [6.07, 6.45) is 61.1. The first-order valence-corrected chi connectivity index (χ1v) is 31.5. The van der Waals surface area contributed by atoms with Crippen LogP contribution in [0.5, 0.6) is 0 Å². The molecule has 1 atom stereocenters. The Morgan fingerprint density at radius 1 is 0.368 bits per heavy atom. The lowest BCUT2D eigenvalue weighted by atomic mass is 9.76. The number of carbonyl (C=O) groups is 2. The Kier molecular flexibility index (Phi) is 47.2. The molecular formula is C62H124N4O2. The highest BCUT2D eigenvalue weighted by molar-refractivity contribution is 5.76. The van der Waals surface area contributed by atoms with Crippen LogP contribution < -0.4 is 5.73 Å². The molecule has 1 rings (SSSR count). The van der Waals surface area contributed by atoms with E-state index < -0.39 is 0 Å². The highest BCUT2D eigenvalue weighted by Crippen LogP contribution is 2.40. The Balaban J connectivity index is 2.40. The van der Waals surface area contributed by atoms with E-state index in [-0.39, 0.29) is 0 Å². The van der Waals surface area contributed by atoms with Gasteiger partial charge in [0, 0.05) is 51.1 Å². The van der Waals surface area contributed by atoms with Gasteiger partial charge in [-0.1, -0.05) is 252 Å². The van der Waals surface area contributed by atoms with Gasteiger partial charge in [-0.2, -0.15) is 0 Å². The summed E-state index contributed by atoms with van der Waals surface area (Å²) in [4.78, 5) is 34.3. The largest absolute Gasteiger partial charge is 0.343 e. The zero-order valence-corrected chi connectivity index (χ0v) is 47.1. The molecule has 1 aliphatic heterocycles. The summed E-state index contributed by atoms with van der Waals surface area (Å²) in [5.74, 6) is 0.852. The molecule has 0 spiro atoms. The normalized spacial score (nSPS) is 15.0. The number of rotatable bonds is 55. The number of hydrogen-bond donors (Lipinski definition) is 1. The Bertz CT molecular complexity index is 1030. The molecule has 6 nitrogen and oxygen atoms in total. The smallest absolute Gasteiger partial charge is 0.222 e. The fraction of sp³-hybridized carbons (Fsp3) is 0.968. The van der Waals surface area contributed by atoms with Crippen LogP contribution in [-0.4, -0.2) is 77.9 Å². The van der Waals surface area contributed by atoms with Gasteiger partial charge in [0.2, 0.25) is 11.8 Å². The average molecular weight is 958 g/mol. The molecule has 0 aromatic rings. The predicted molar refractivity (Wildman–Crippen MR) is 301 cm³/mol. The van der Waals surface area contributed by atoms with E-state index in [9.17, 15) is 9.59 Å². The first-order valence-electron chi connectivity index (χ1n) is 31.5. The topological polar surface area (TPSA) is 69.9 Å². The summed E-state index contributed by atoms with van der Waals surface area (Å²) in [6, 6.07) is 0. The van der Waals surface area contributed by atoms with Crippen LogP contribution in [0.15, 0.2) is 0 Å². The van der Waals surface area contributed by atoms with Crippen molar-refractivity contribution in [3.63, 3.8) is 0 Å². The van der Waals surface area contributed by atoms with Crippen LogP contribution in [0, 0.1) is 0 Å². The Hall–Kier alpha value is -1.14. The van der Waals surface area contributed by atoms with Crippen molar-refractivity contribution in [3.05, 3.63) is 0 Å². The summed E-state index contributed by atoms with van der Waals surface area (Å²) in [5.41, 5.74) is 6.45. The van der Waals surface area contributed by atoms with Gasteiger partial charge in [0.25, 0.3) is 0 Å². The number of nitrogens with zero attached hydrogens (tertiary/aromatic N) is 3. The van der Waals surface area contributed by atoms with Crippen molar-refractivity contribution in [2.45, 2.75) is 341 Å². The number of amides is 2. The van der Waals surface area contributed by atoms with Gasteiger partial charge in [-0.15, -0.1) is 0 Å². The quantitative estimate of drug-likeness (QED) is 0.0617. The summed E-state index contributed by atoms with van der Waals surface area (Å²) < 4.78 is 0. The molecule has 0 radical (unpaired) electrons. The lowest BCUT2D eigenvalue weighted by molar-refractivity contribution is -0.132. The zero-order valence-electron chi connectivity index (χ0n) is 47.1. The molecule has 1 saturated heterocycles. The van der Waals surface area contributed by atoms with E-state index in [0.29, 0.717) is 17.4 Å². The van der Waals surface area contributed by atoms with Gasteiger partial charge in [-0.25, -0.2) is 0 Å². The van der Waals surface area contributed by atoms with Crippen LogP contribution >= 0.6 is 0 Å². The van der Waals surface area contributed by atoms with Gasteiger partial charge in [0.1, 0.15) is 0 Å². The first-order chi connectivity index (χ1) is 33.5. The van der Waals surface area contributed by atoms with Gasteiger partial charge < -0.3 is 15.5 Å². The van der Waals surface area contributed by atoms with E-state index in [4.69, 9.17) is 5.73 Å². The minimum atomic E-state index is 0.376. The molecule has 2 N–H and O–H groups in total. The van der Waals surface area contributed by atoms with Crippen molar-refractivity contribution >= 4 is 11.8 Å². The second-order valence-electron chi connectivity index (χ2n) is 22.3. The molecule has 2 amide bonds. The minimum Gasteiger partial charge on any atom is -0.343 e. The van der Waals surface area contributed by atoms with E-state index in [2.05, 4.69) is 42.4 Å². The Labute approximate surface area is 427 Å². The number of hydrogen-bond acceptors (Lipinski definition) is 4. The maximum atomic E-state index is 13.5. The molecule has 404 valence electrons. The fourth-order valence-corrected chi connectivity index (χ4v) is 11.2. The van der Waals surface area contributed by atoms with Crippen molar-refractivity contribution in [2.24, 2.45) is 5.73 Å². The molecule has 68 heavy (non-hydrogen) atoms. The number of likely N-dealkylation sites (tertiary alicyclic amines) is 1. The molecule has 1 aliphatic rings. The first kappa shape index (κ1) is 64.9. The summed E-state index contributed by atoms with van der Waals surface area (Å²) in [6.45, 7) is 16.4. The fourth-order valence-electron chi connectivity index (χ4n) is 11.2. The molecule has 0 saturated carbocycles. The summed E-state index contributed by atoms with van der Waals surface area (Å²) in [7, 11) is 0. The van der Waals surface area contributed by atoms with Gasteiger partial charge in [-0.3, -0.25) is 14.5 Å². The summed E-state index contributed by atoms with van der Waals surface area (Å²) in [5, 5.41) is 0. The Morgan fingerprint density at radius 3 is 0.956 bits per heavy atom. The van der Waals surface area contributed by atoms with Crippen LogP contribution in [0.1, 0.15) is 336 Å². The molecule has 0 aromatic heterocycles. The third-order valence-electron chi connectivity index (χ3n) is 16.0. The van der Waals surface area contributed by atoms with Crippen molar-refractivity contribution in [1.82, 2.24) is 14.7 Å². The van der Waals surface area contributed by atoms with Gasteiger partial charge in [0.15, 0.2) is 0 Å². The van der Waals surface area contributed by atoms with Crippen molar-refractivity contribution in [3.8, 4) is 0 Å². The van der Waals surface area contributed by atoms with E-state index >= 15 is 0 Å². The van der Waals surface area contributed by atoms with Crippen LogP contribution in [0.4, 0.5) is 0 Å². The zero-order chi connectivity index (χ0) is 49.3. The van der Waals surface area contributed by atoms with Crippen LogP contribution in [0.3, 0.4) is 0 Å². The van der Waals surface area contributed by atoms with Crippen molar-refractivity contribution < 1.29 is 9.59 Å². The second kappa shape index (κ2) is 49.4. The third-order valence-corrected chi connectivity index (χ3v) is 16.0. The summed E-state index contributed by atoms with van der Waals surface area (Å²) >= 11 is 0. The SMILES string of the molecule is CCCCCCCCCCN(CCCCCCCCCC)C(=O)CCCCCCCN1CCC1(CCCN)CCCCCCCC(=O)N(CCCCCCCCCC)CCCCCCCCCC. The van der Waals surface area contributed by atoms with E-state index in [0.717, 1.165) is 64.8 Å². The Morgan fingerprint density at radius 2 is 0.647 bits per heavy atom. The molecule has 1 fully saturated rings. The van der Waals surface area contributed by atoms with Gasteiger partial charge >= 0.3 is 0 Å². The lowest BCUT2D eigenvalue weighted by Gasteiger charge is -2.54. The van der Waals surface area contributed by atoms with Crippen molar-refractivity contribution in [1.29, 1.82) is 0 Å². The van der Waals surface area contributed by atoms with Gasteiger partial charge in [-0.05, 0) is 83.7 Å².